The number of alkyl halides is 3. The van der Waals surface area contributed by atoms with Crippen LogP contribution in [0.5, 0.6) is 5.75 Å². The molecule has 2 heterocycles. The van der Waals surface area contributed by atoms with Crippen molar-refractivity contribution in [1.82, 2.24) is 9.97 Å². The van der Waals surface area contributed by atoms with Gasteiger partial charge in [0, 0.05) is 12.6 Å². The first-order valence-electron chi connectivity index (χ1n) is 8.63. The summed E-state index contributed by atoms with van der Waals surface area (Å²) in [6.07, 6.45) is -3.07. The molecular formula is C19H20F3N3O2. The molecule has 144 valence electrons. The van der Waals surface area contributed by atoms with Crippen molar-refractivity contribution in [2.45, 2.75) is 38.5 Å². The number of anilines is 1. The van der Waals surface area contributed by atoms with Crippen molar-refractivity contribution < 1.29 is 22.7 Å². The van der Waals surface area contributed by atoms with Gasteiger partial charge in [-0.3, -0.25) is 0 Å². The Morgan fingerprint density at radius 2 is 1.93 bits per heavy atom. The number of carbonyl (C=O) groups excluding carboxylic acids is 1. The lowest BCUT2D eigenvalue weighted by Gasteiger charge is -2.39. The highest BCUT2D eigenvalue weighted by Gasteiger charge is 2.36. The van der Waals surface area contributed by atoms with Crippen LogP contribution in [-0.4, -0.2) is 34.9 Å². The first-order valence-corrected chi connectivity index (χ1v) is 8.63. The highest BCUT2D eigenvalue weighted by atomic mass is 19.4. The van der Waals surface area contributed by atoms with Crippen molar-refractivity contribution in [2.75, 3.05) is 18.0 Å². The second kappa shape index (κ2) is 7.54. The van der Waals surface area contributed by atoms with Gasteiger partial charge in [-0.05, 0) is 36.6 Å². The molecule has 0 aliphatic carbocycles. The van der Waals surface area contributed by atoms with E-state index >= 15 is 0 Å². The zero-order valence-electron chi connectivity index (χ0n) is 15.0. The third-order valence-electron chi connectivity index (χ3n) is 4.41. The lowest BCUT2D eigenvalue weighted by atomic mass is 9.96. The van der Waals surface area contributed by atoms with Gasteiger partial charge in [0.1, 0.15) is 23.5 Å². The predicted molar refractivity (Wildman–Crippen MR) is 93.8 cm³/mol. The molecule has 1 fully saturated rings. The molecule has 0 unspecified atom stereocenters. The molecular weight excluding hydrogens is 359 g/mol. The largest absolute Gasteiger partial charge is 0.487 e. The van der Waals surface area contributed by atoms with Crippen molar-refractivity contribution in [1.29, 1.82) is 0 Å². The number of Topliss-reactive ketones (excluding diaryl/α,β-unsaturated/α-hetero) is 1. The molecule has 1 saturated heterocycles. The number of ketones is 1. The van der Waals surface area contributed by atoms with Crippen molar-refractivity contribution >= 4 is 11.6 Å². The fourth-order valence-corrected chi connectivity index (χ4v) is 2.98. The van der Waals surface area contributed by atoms with E-state index in [1.165, 1.54) is 6.07 Å². The van der Waals surface area contributed by atoms with E-state index in [4.69, 9.17) is 4.74 Å². The Morgan fingerprint density at radius 1 is 1.26 bits per heavy atom. The van der Waals surface area contributed by atoms with Gasteiger partial charge in [0.05, 0.1) is 13.1 Å². The molecule has 0 saturated carbocycles. The molecule has 0 spiro atoms. The highest BCUT2D eigenvalue weighted by Crippen LogP contribution is 2.29. The van der Waals surface area contributed by atoms with Crippen molar-refractivity contribution in [2.24, 2.45) is 0 Å². The van der Waals surface area contributed by atoms with E-state index in [2.05, 4.69) is 9.97 Å². The molecule has 1 aromatic carbocycles. The molecule has 3 rings (SSSR count). The highest BCUT2D eigenvalue weighted by molar-refractivity contribution is 5.76. The second-order valence-corrected chi connectivity index (χ2v) is 6.76. The van der Waals surface area contributed by atoms with E-state index in [1.807, 2.05) is 31.2 Å². The number of rotatable bonds is 6. The number of halogens is 3. The molecule has 27 heavy (non-hydrogen) atoms. The minimum absolute atomic E-state index is 0.116. The summed E-state index contributed by atoms with van der Waals surface area (Å²) in [5.74, 6) is 0.0921. The van der Waals surface area contributed by atoms with Crippen LogP contribution < -0.4 is 9.64 Å². The van der Waals surface area contributed by atoms with Crippen molar-refractivity contribution in [3.8, 4) is 5.75 Å². The minimum atomic E-state index is -4.56. The normalized spacial score (nSPS) is 16.0. The number of hydrogen-bond donors (Lipinski definition) is 0. The zero-order valence-corrected chi connectivity index (χ0v) is 15.0. The Hall–Kier alpha value is -2.64. The topological polar surface area (TPSA) is 55.3 Å². The Morgan fingerprint density at radius 3 is 2.52 bits per heavy atom. The number of aromatic nitrogens is 2. The first kappa shape index (κ1) is 19.1. The SMILES string of the molecule is CC(=O)C[C@@H](C)c1ccc(OC2CN(c3ccnc(C(F)(F)F)n3)C2)cc1. The van der Waals surface area contributed by atoms with E-state index in [1.54, 1.807) is 11.8 Å². The lowest BCUT2D eigenvalue weighted by Crippen LogP contribution is -2.54. The maximum Gasteiger partial charge on any atom is 0.451 e. The fourth-order valence-electron chi connectivity index (χ4n) is 2.98. The van der Waals surface area contributed by atoms with E-state index in [9.17, 15) is 18.0 Å². The van der Waals surface area contributed by atoms with Gasteiger partial charge >= 0.3 is 6.18 Å². The van der Waals surface area contributed by atoms with Crippen molar-refractivity contribution in [3.05, 3.63) is 47.9 Å². The van der Waals surface area contributed by atoms with Crippen LogP contribution in [0.4, 0.5) is 19.0 Å². The average molecular weight is 379 g/mol. The summed E-state index contributed by atoms with van der Waals surface area (Å²) >= 11 is 0. The average Bonchev–Trinajstić information content (AvgIpc) is 2.57. The van der Waals surface area contributed by atoms with Crippen LogP contribution in [0.25, 0.3) is 0 Å². The summed E-state index contributed by atoms with van der Waals surface area (Å²) in [7, 11) is 0. The van der Waals surface area contributed by atoms with Gasteiger partial charge in [-0.1, -0.05) is 19.1 Å². The van der Waals surface area contributed by atoms with Gasteiger partial charge in [0.15, 0.2) is 0 Å². The summed E-state index contributed by atoms with van der Waals surface area (Å²) in [6.45, 7) is 4.48. The quantitative estimate of drug-likeness (QED) is 0.763. The lowest BCUT2D eigenvalue weighted by molar-refractivity contribution is -0.144. The molecule has 1 aliphatic rings. The molecule has 8 heteroatoms. The standard InChI is InChI=1S/C19H20F3N3O2/c1-12(9-13(2)26)14-3-5-15(6-4-14)27-16-10-25(11-16)17-7-8-23-18(24-17)19(20,21)22/h3-8,12,16H,9-11H2,1-2H3/t12-/m1/s1. The van der Waals surface area contributed by atoms with Gasteiger partial charge in [0.2, 0.25) is 5.82 Å². The number of carbonyl (C=O) groups is 1. The molecule has 1 aromatic heterocycles. The third kappa shape index (κ3) is 4.75. The van der Waals surface area contributed by atoms with Gasteiger partial charge in [-0.2, -0.15) is 13.2 Å². The van der Waals surface area contributed by atoms with E-state index in [-0.39, 0.29) is 23.6 Å². The molecule has 0 bridgehead atoms. The summed E-state index contributed by atoms with van der Waals surface area (Å²) in [5, 5.41) is 0. The third-order valence-corrected chi connectivity index (χ3v) is 4.41. The van der Waals surface area contributed by atoms with Gasteiger partial charge in [-0.15, -0.1) is 0 Å². The Kier molecular flexibility index (Phi) is 5.34. The predicted octanol–water partition coefficient (Wildman–Crippen LogP) is 3.85. The molecule has 1 atom stereocenters. The number of hydrogen-bond acceptors (Lipinski definition) is 5. The van der Waals surface area contributed by atoms with Crippen LogP contribution in [0.3, 0.4) is 0 Å². The Labute approximate surface area is 155 Å². The Balaban J connectivity index is 1.54. The maximum atomic E-state index is 12.7. The minimum Gasteiger partial charge on any atom is -0.487 e. The van der Waals surface area contributed by atoms with Crippen LogP contribution in [-0.2, 0) is 11.0 Å². The maximum absolute atomic E-state index is 12.7. The summed E-state index contributed by atoms with van der Waals surface area (Å²) < 4.78 is 43.9. The van der Waals surface area contributed by atoms with Crippen molar-refractivity contribution in [3.63, 3.8) is 0 Å². The van der Waals surface area contributed by atoms with Crippen LogP contribution in [0.2, 0.25) is 0 Å². The van der Waals surface area contributed by atoms with E-state index < -0.39 is 12.0 Å². The monoisotopic (exact) mass is 379 g/mol. The molecule has 5 nitrogen and oxygen atoms in total. The van der Waals surface area contributed by atoms with Gasteiger partial charge in [-0.25, -0.2) is 9.97 Å². The first-order chi connectivity index (χ1) is 12.7. The van der Waals surface area contributed by atoms with Crippen LogP contribution in [0.15, 0.2) is 36.5 Å². The molecule has 1 aliphatic heterocycles. The summed E-state index contributed by atoms with van der Waals surface area (Å²) in [4.78, 5) is 19.8. The number of nitrogens with zero attached hydrogens (tertiary/aromatic N) is 3. The van der Waals surface area contributed by atoms with E-state index in [0.717, 1.165) is 11.8 Å². The fraction of sp³-hybridized carbons (Fsp3) is 0.421. The van der Waals surface area contributed by atoms with Crippen LogP contribution >= 0.6 is 0 Å². The molecule has 0 radical (unpaired) electrons. The number of ether oxygens (including phenoxy) is 1. The summed E-state index contributed by atoms with van der Waals surface area (Å²) in [5.41, 5.74) is 1.06. The van der Waals surface area contributed by atoms with Gasteiger partial charge in [0.25, 0.3) is 0 Å². The molecule has 0 N–H and O–H groups in total. The summed E-state index contributed by atoms with van der Waals surface area (Å²) in [6, 6.07) is 9.01. The van der Waals surface area contributed by atoms with Crippen LogP contribution in [0, 0.1) is 0 Å². The zero-order chi connectivity index (χ0) is 19.6. The second-order valence-electron chi connectivity index (χ2n) is 6.76. The molecule has 2 aromatic rings. The van der Waals surface area contributed by atoms with Gasteiger partial charge < -0.3 is 14.4 Å². The Bertz CT molecular complexity index is 803. The van der Waals surface area contributed by atoms with Crippen LogP contribution in [0.1, 0.15) is 37.6 Å². The van der Waals surface area contributed by atoms with E-state index in [0.29, 0.717) is 25.3 Å². The molecule has 0 amide bonds. The number of benzene rings is 1. The smallest absolute Gasteiger partial charge is 0.451 e.